The quantitative estimate of drug-likeness (QED) is 0.542. The summed E-state index contributed by atoms with van der Waals surface area (Å²) in [5.74, 6) is 2.20. The first-order chi connectivity index (χ1) is 13.5. The molecule has 2 saturated carbocycles. The zero-order chi connectivity index (χ0) is 21.4. The van der Waals surface area contributed by atoms with E-state index in [-0.39, 0.29) is 17.1 Å². The Kier molecular flexibility index (Phi) is 6.51. The van der Waals surface area contributed by atoms with Crippen molar-refractivity contribution < 1.29 is 9.90 Å². The second-order valence-corrected chi connectivity index (χ2v) is 17.1. The number of carbonyl (C=O) groups excluding carboxylic acids is 1. The summed E-state index contributed by atoms with van der Waals surface area (Å²) in [6.07, 6.45) is 7.76. The number of fused-ring (bicyclic) bond motifs is 1. The summed E-state index contributed by atoms with van der Waals surface area (Å²) in [5.41, 5.74) is 2.94. The summed E-state index contributed by atoms with van der Waals surface area (Å²) in [6.45, 7) is 14.3. The van der Waals surface area contributed by atoms with E-state index in [4.69, 9.17) is 0 Å². The highest BCUT2D eigenvalue weighted by atomic mass is 28.3. The molecule has 0 aliphatic heterocycles. The van der Waals surface area contributed by atoms with Crippen LogP contribution >= 0.6 is 0 Å². The summed E-state index contributed by atoms with van der Waals surface area (Å²) in [6, 6.07) is 8.99. The first-order valence-electron chi connectivity index (χ1n) is 11.8. The molecule has 0 heterocycles. The first-order valence-corrected chi connectivity index (χ1v) is 15.3. The van der Waals surface area contributed by atoms with Gasteiger partial charge in [-0.05, 0) is 66.9 Å². The summed E-state index contributed by atoms with van der Waals surface area (Å²) < 4.78 is 0. The van der Waals surface area contributed by atoms with E-state index in [2.05, 4.69) is 64.7 Å². The standard InChI is InChI=1S/C26H42O2Si/c1-19(22-14-15-23-24(28)11-8-16-25(22,23)2)12-13-20-9-7-10-21(17-20)26(3,18-27)29(4,5)6/h7,9-10,17,19,22-23,27H,8,11-16,18H2,1-6H3/t19-,22+,23-,25+,26?/m0/s1. The third-order valence-electron chi connectivity index (χ3n) is 9.05. The van der Waals surface area contributed by atoms with Crippen molar-refractivity contribution in [2.75, 3.05) is 6.61 Å². The molecule has 3 heteroatoms. The average Bonchev–Trinajstić information content (AvgIpc) is 3.03. The molecular weight excluding hydrogens is 372 g/mol. The summed E-state index contributed by atoms with van der Waals surface area (Å²) in [7, 11) is -1.56. The van der Waals surface area contributed by atoms with Gasteiger partial charge in [-0.25, -0.2) is 0 Å². The van der Waals surface area contributed by atoms with Gasteiger partial charge in [0.1, 0.15) is 5.78 Å². The number of hydrogen-bond donors (Lipinski definition) is 1. The van der Waals surface area contributed by atoms with Gasteiger partial charge in [-0.1, -0.05) is 64.7 Å². The van der Waals surface area contributed by atoms with Crippen molar-refractivity contribution in [3.8, 4) is 0 Å². The molecule has 2 nitrogen and oxygen atoms in total. The molecule has 1 N–H and O–H groups in total. The van der Waals surface area contributed by atoms with Crippen molar-refractivity contribution in [2.24, 2.45) is 23.2 Å². The van der Waals surface area contributed by atoms with E-state index in [9.17, 15) is 9.90 Å². The van der Waals surface area contributed by atoms with Crippen LogP contribution in [0.25, 0.3) is 0 Å². The predicted molar refractivity (Wildman–Crippen MR) is 125 cm³/mol. The van der Waals surface area contributed by atoms with Crippen LogP contribution in [0.5, 0.6) is 0 Å². The average molecular weight is 415 g/mol. The van der Waals surface area contributed by atoms with Crippen molar-refractivity contribution >= 4 is 13.9 Å². The molecule has 2 fully saturated rings. The van der Waals surface area contributed by atoms with E-state index in [1.54, 1.807) is 0 Å². The summed E-state index contributed by atoms with van der Waals surface area (Å²) in [5, 5.41) is 10.1. The lowest BCUT2D eigenvalue weighted by Crippen LogP contribution is -2.50. The normalized spacial score (nSPS) is 30.7. The van der Waals surface area contributed by atoms with E-state index in [0.29, 0.717) is 23.5 Å². The fourth-order valence-corrected chi connectivity index (χ4v) is 7.83. The zero-order valence-corrected chi connectivity index (χ0v) is 20.6. The molecule has 1 aromatic rings. The van der Waals surface area contributed by atoms with Gasteiger partial charge < -0.3 is 5.11 Å². The van der Waals surface area contributed by atoms with Gasteiger partial charge in [-0.3, -0.25) is 4.79 Å². The molecule has 3 rings (SSSR count). The van der Waals surface area contributed by atoms with Gasteiger partial charge in [-0.15, -0.1) is 0 Å². The van der Waals surface area contributed by atoms with Crippen molar-refractivity contribution in [1.82, 2.24) is 0 Å². The van der Waals surface area contributed by atoms with Crippen LogP contribution in [0.4, 0.5) is 0 Å². The number of carbonyl (C=O) groups is 1. The van der Waals surface area contributed by atoms with Crippen LogP contribution in [0, 0.1) is 23.2 Å². The van der Waals surface area contributed by atoms with Crippen LogP contribution in [0.2, 0.25) is 19.6 Å². The number of benzene rings is 1. The Labute approximate surface area is 179 Å². The van der Waals surface area contributed by atoms with Crippen LogP contribution in [-0.4, -0.2) is 25.6 Å². The lowest BCUT2D eigenvalue weighted by atomic mass is 9.62. The number of rotatable bonds is 7. The molecule has 0 radical (unpaired) electrons. The van der Waals surface area contributed by atoms with Crippen LogP contribution < -0.4 is 0 Å². The van der Waals surface area contributed by atoms with E-state index >= 15 is 0 Å². The molecule has 1 unspecified atom stereocenters. The highest BCUT2D eigenvalue weighted by molar-refractivity contribution is 6.79. The monoisotopic (exact) mass is 414 g/mol. The molecule has 0 spiro atoms. The predicted octanol–water partition coefficient (Wildman–Crippen LogP) is 6.17. The van der Waals surface area contributed by atoms with Crippen molar-refractivity contribution in [3.05, 3.63) is 35.4 Å². The minimum Gasteiger partial charge on any atom is -0.396 e. The van der Waals surface area contributed by atoms with E-state index in [1.165, 1.54) is 30.4 Å². The van der Waals surface area contributed by atoms with Gasteiger partial charge in [0.05, 0.1) is 14.7 Å². The van der Waals surface area contributed by atoms with Gasteiger partial charge in [0, 0.05) is 17.4 Å². The Bertz CT molecular complexity index is 736. The molecule has 0 aromatic heterocycles. The molecule has 2 aliphatic carbocycles. The Morgan fingerprint density at radius 3 is 2.66 bits per heavy atom. The maximum atomic E-state index is 12.5. The van der Waals surface area contributed by atoms with Gasteiger partial charge >= 0.3 is 0 Å². The van der Waals surface area contributed by atoms with Gasteiger partial charge in [-0.2, -0.15) is 0 Å². The van der Waals surface area contributed by atoms with E-state index in [1.807, 2.05) is 0 Å². The third kappa shape index (κ3) is 4.14. The SMILES string of the molecule is C[C@@H](CCc1cccc(C(C)(CO)[Si](C)(C)C)c1)[C@H]1CC[C@H]2C(=O)CCC[C@]12C. The first kappa shape index (κ1) is 22.7. The summed E-state index contributed by atoms with van der Waals surface area (Å²) >= 11 is 0. The number of aliphatic hydroxyl groups is 1. The second kappa shape index (κ2) is 8.30. The number of aryl methyl sites for hydroxylation is 1. The Balaban J connectivity index is 1.70. The van der Waals surface area contributed by atoms with Crippen LogP contribution in [0.1, 0.15) is 70.4 Å². The fraction of sp³-hybridized carbons (Fsp3) is 0.731. The van der Waals surface area contributed by atoms with Crippen molar-refractivity contribution in [1.29, 1.82) is 0 Å². The molecule has 29 heavy (non-hydrogen) atoms. The fourth-order valence-electron chi connectivity index (χ4n) is 6.33. The van der Waals surface area contributed by atoms with Crippen LogP contribution in [0.15, 0.2) is 24.3 Å². The van der Waals surface area contributed by atoms with Crippen molar-refractivity contribution in [2.45, 2.75) is 90.4 Å². The van der Waals surface area contributed by atoms with Crippen LogP contribution in [-0.2, 0) is 16.3 Å². The molecule has 0 saturated heterocycles. The zero-order valence-electron chi connectivity index (χ0n) is 19.6. The largest absolute Gasteiger partial charge is 0.396 e. The molecule has 0 bridgehead atoms. The summed E-state index contributed by atoms with van der Waals surface area (Å²) in [4.78, 5) is 12.5. The lowest BCUT2D eigenvalue weighted by Gasteiger charge is -2.42. The minimum atomic E-state index is -1.56. The minimum absolute atomic E-state index is 0.108. The maximum Gasteiger partial charge on any atom is 0.136 e. The Morgan fingerprint density at radius 1 is 1.28 bits per heavy atom. The number of Topliss-reactive ketones (excluding diaryl/α,β-unsaturated/α-hetero) is 1. The van der Waals surface area contributed by atoms with Gasteiger partial charge in [0.25, 0.3) is 0 Å². The number of ketones is 1. The molecule has 162 valence electrons. The van der Waals surface area contributed by atoms with Gasteiger partial charge in [0.2, 0.25) is 0 Å². The third-order valence-corrected chi connectivity index (χ3v) is 12.8. The van der Waals surface area contributed by atoms with E-state index in [0.717, 1.165) is 25.7 Å². The van der Waals surface area contributed by atoms with Gasteiger partial charge in [0.15, 0.2) is 0 Å². The topological polar surface area (TPSA) is 37.3 Å². The second-order valence-electron chi connectivity index (χ2n) is 11.5. The highest BCUT2D eigenvalue weighted by Gasteiger charge is 2.52. The molecule has 2 aliphatic rings. The molecular formula is C26H42O2Si. The smallest absolute Gasteiger partial charge is 0.136 e. The molecule has 5 atom stereocenters. The Morgan fingerprint density at radius 2 is 2.00 bits per heavy atom. The van der Waals surface area contributed by atoms with E-state index < -0.39 is 8.07 Å². The number of hydrogen-bond acceptors (Lipinski definition) is 2. The Hall–Kier alpha value is -0.933. The molecule has 0 amide bonds. The van der Waals surface area contributed by atoms with Crippen molar-refractivity contribution in [3.63, 3.8) is 0 Å². The van der Waals surface area contributed by atoms with Crippen LogP contribution in [0.3, 0.4) is 0 Å². The number of aliphatic hydroxyl groups excluding tert-OH is 1. The molecule has 1 aromatic carbocycles. The highest BCUT2D eigenvalue weighted by Crippen LogP contribution is 2.57. The lowest BCUT2D eigenvalue weighted by molar-refractivity contribution is -0.130. The maximum absolute atomic E-state index is 12.5.